The van der Waals surface area contributed by atoms with E-state index in [0.29, 0.717) is 6.42 Å². The van der Waals surface area contributed by atoms with Gasteiger partial charge in [-0.1, -0.05) is 0 Å². The van der Waals surface area contributed by atoms with Gasteiger partial charge in [-0.25, -0.2) is 0 Å². The van der Waals surface area contributed by atoms with Gasteiger partial charge in [0.05, 0.1) is 0 Å². The lowest BCUT2D eigenvalue weighted by Gasteiger charge is -2.36. The molecule has 0 saturated carbocycles. The third-order valence-corrected chi connectivity index (χ3v) is 3.98. The molecule has 1 saturated heterocycles. The van der Waals surface area contributed by atoms with Crippen molar-refractivity contribution in [2.45, 2.75) is 6.42 Å². The molecule has 0 unspecified atom stereocenters. The molecule has 0 atom stereocenters. The Morgan fingerprint density at radius 2 is 1.84 bits per heavy atom. The molecule has 2 rings (SSSR count). The lowest BCUT2D eigenvalue weighted by molar-refractivity contribution is -0.131. The number of hydrogen-bond acceptors (Lipinski definition) is 4. The van der Waals surface area contributed by atoms with Crippen LogP contribution >= 0.6 is 11.8 Å². The van der Waals surface area contributed by atoms with E-state index in [1.165, 1.54) is 0 Å². The van der Waals surface area contributed by atoms with E-state index in [2.05, 4.69) is 4.90 Å². The second kappa shape index (κ2) is 6.70. The SMILES string of the molecule is CSCCC(=O)N1CCN(c2ccc(O)cc2)CC1. The number of carbonyl (C=O) groups is 1. The third kappa shape index (κ3) is 3.80. The van der Waals surface area contributed by atoms with Gasteiger partial charge < -0.3 is 14.9 Å². The van der Waals surface area contributed by atoms with E-state index in [0.717, 1.165) is 37.6 Å². The molecule has 0 aromatic heterocycles. The van der Waals surface area contributed by atoms with Gasteiger partial charge in [-0.05, 0) is 30.5 Å². The van der Waals surface area contributed by atoms with Gasteiger partial charge in [0.2, 0.25) is 5.91 Å². The molecule has 4 nitrogen and oxygen atoms in total. The first-order valence-electron chi connectivity index (χ1n) is 6.51. The molecule has 104 valence electrons. The number of thioether (sulfide) groups is 1. The van der Waals surface area contributed by atoms with Crippen LogP contribution in [-0.4, -0.2) is 54.1 Å². The van der Waals surface area contributed by atoms with Gasteiger partial charge >= 0.3 is 0 Å². The molecule has 0 aliphatic carbocycles. The molecule has 0 spiro atoms. The largest absolute Gasteiger partial charge is 0.508 e. The van der Waals surface area contributed by atoms with Gasteiger partial charge in [0.25, 0.3) is 0 Å². The van der Waals surface area contributed by atoms with Gasteiger partial charge in [0, 0.05) is 44.0 Å². The summed E-state index contributed by atoms with van der Waals surface area (Å²) in [6.45, 7) is 3.29. The highest BCUT2D eigenvalue weighted by Crippen LogP contribution is 2.20. The molecule has 1 fully saturated rings. The van der Waals surface area contributed by atoms with Crippen molar-refractivity contribution in [1.82, 2.24) is 4.90 Å². The fraction of sp³-hybridized carbons (Fsp3) is 0.500. The second-order valence-corrected chi connectivity index (χ2v) is 5.61. The number of amides is 1. The van der Waals surface area contributed by atoms with Crippen LogP contribution in [0.1, 0.15) is 6.42 Å². The molecule has 1 amide bonds. The minimum Gasteiger partial charge on any atom is -0.508 e. The molecule has 0 bridgehead atoms. The van der Waals surface area contributed by atoms with Crippen LogP contribution in [0.2, 0.25) is 0 Å². The maximum absolute atomic E-state index is 11.9. The maximum atomic E-state index is 11.9. The van der Waals surface area contributed by atoms with Crippen molar-refractivity contribution < 1.29 is 9.90 Å². The first-order valence-corrected chi connectivity index (χ1v) is 7.91. The number of rotatable bonds is 4. The van der Waals surface area contributed by atoms with Crippen molar-refractivity contribution in [1.29, 1.82) is 0 Å². The van der Waals surface area contributed by atoms with Crippen molar-refractivity contribution in [3.05, 3.63) is 24.3 Å². The molecule has 1 N–H and O–H groups in total. The Morgan fingerprint density at radius 3 is 2.42 bits per heavy atom. The number of anilines is 1. The maximum Gasteiger partial charge on any atom is 0.223 e. The summed E-state index contributed by atoms with van der Waals surface area (Å²) in [6.07, 6.45) is 2.66. The minimum atomic E-state index is 0.264. The summed E-state index contributed by atoms with van der Waals surface area (Å²) in [5.74, 6) is 1.45. The Labute approximate surface area is 118 Å². The molecular weight excluding hydrogens is 260 g/mol. The van der Waals surface area contributed by atoms with Crippen molar-refractivity contribution in [2.75, 3.05) is 43.1 Å². The topological polar surface area (TPSA) is 43.8 Å². The Bertz CT molecular complexity index is 414. The summed E-state index contributed by atoms with van der Waals surface area (Å²) >= 11 is 1.71. The zero-order valence-corrected chi connectivity index (χ0v) is 12.0. The number of nitrogens with zero attached hydrogens (tertiary/aromatic N) is 2. The van der Waals surface area contributed by atoms with Gasteiger partial charge in [0.1, 0.15) is 5.75 Å². The van der Waals surface area contributed by atoms with E-state index < -0.39 is 0 Å². The lowest BCUT2D eigenvalue weighted by atomic mass is 10.2. The van der Waals surface area contributed by atoms with Crippen LogP contribution in [0.5, 0.6) is 5.75 Å². The van der Waals surface area contributed by atoms with Crippen LogP contribution in [0.4, 0.5) is 5.69 Å². The van der Waals surface area contributed by atoms with Crippen LogP contribution in [0.25, 0.3) is 0 Å². The summed E-state index contributed by atoms with van der Waals surface area (Å²) in [6, 6.07) is 7.23. The molecule has 1 aromatic rings. The van der Waals surface area contributed by atoms with E-state index in [9.17, 15) is 9.90 Å². The molecular formula is C14H20N2O2S. The highest BCUT2D eigenvalue weighted by molar-refractivity contribution is 7.98. The second-order valence-electron chi connectivity index (χ2n) is 4.63. The number of phenolic OH excluding ortho intramolecular Hbond substituents is 1. The average Bonchev–Trinajstić information content (AvgIpc) is 2.46. The predicted octanol–water partition coefficient (Wildman–Crippen LogP) is 1.79. The zero-order valence-electron chi connectivity index (χ0n) is 11.2. The van der Waals surface area contributed by atoms with Crippen molar-refractivity contribution in [2.24, 2.45) is 0 Å². The summed E-state index contributed by atoms with van der Waals surface area (Å²) in [4.78, 5) is 16.1. The van der Waals surface area contributed by atoms with Gasteiger partial charge in [-0.2, -0.15) is 11.8 Å². The lowest BCUT2D eigenvalue weighted by Crippen LogP contribution is -2.48. The Kier molecular flexibility index (Phi) is 4.96. The number of benzene rings is 1. The predicted molar refractivity (Wildman–Crippen MR) is 79.9 cm³/mol. The molecule has 1 heterocycles. The molecule has 1 aliphatic rings. The number of hydrogen-bond donors (Lipinski definition) is 1. The standard InChI is InChI=1S/C14H20N2O2S/c1-19-11-6-14(18)16-9-7-15(8-10-16)12-2-4-13(17)5-3-12/h2-5,17H,6-11H2,1H3. The zero-order chi connectivity index (χ0) is 13.7. The molecule has 0 radical (unpaired) electrons. The van der Waals surface area contributed by atoms with Crippen LogP contribution in [0.3, 0.4) is 0 Å². The average molecular weight is 280 g/mol. The van der Waals surface area contributed by atoms with E-state index in [1.807, 2.05) is 23.3 Å². The molecule has 1 aromatic carbocycles. The molecule has 19 heavy (non-hydrogen) atoms. The summed E-state index contributed by atoms with van der Waals surface area (Å²) in [7, 11) is 0. The van der Waals surface area contributed by atoms with Crippen molar-refractivity contribution in [3.63, 3.8) is 0 Å². The van der Waals surface area contributed by atoms with Crippen molar-refractivity contribution in [3.8, 4) is 5.75 Å². The number of phenols is 1. The number of piperazine rings is 1. The number of carbonyl (C=O) groups excluding carboxylic acids is 1. The van der Waals surface area contributed by atoms with Crippen LogP contribution in [-0.2, 0) is 4.79 Å². The third-order valence-electron chi connectivity index (χ3n) is 3.37. The minimum absolute atomic E-state index is 0.264. The highest BCUT2D eigenvalue weighted by Gasteiger charge is 2.20. The van der Waals surface area contributed by atoms with Gasteiger partial charge in [-0.15, -0.1) is 0 Å². The van der Waals surface area contributed by atoms with Crippen LogP contribution < -0.4 is 4.90 Å². The molecule has 5 heteroatoms. The van der Waals surface area contributed by atoms with E-state index >= 15 is 0 Å². The Hall–Kier alpha value is -1.36. The van der Waals surface area contributed by atoms with Crippen LogP contribution in [0, 0.1) is 0 Å². The van der Waals surface area contributed by atoms with Crippen molar-refractivity contribution >= 4 is 23.4 Å². The first kappa shape index (κ1) is 14.1. The number of aromatic hydroxyl groups is 1. The summed E-state index contributed by atoms with van der Waals surface area (Å²) < 4.78 is 0. The quantitative estimate of drug-likeness (QED) is 0.913. The summed E-state index contributed by atoms with van der Waals surface area (Å²) in [5.41, 5.74) is 1.11. The van der Waals surface area contributed by atoms with E-state index in [4.69, 9.17) is 0 Å². The fourth-order valence-electron chi connectivity index (χ4n) is 2.22. The fourth-order valence-corrected chi connectivity index (χ4v) is 2.60. The van der Waals surface area contributed by atoms with Gasteiger partial charge in [0.15, 0.2) is 0 Å². The van der Waals surface area contributed by atoms with Crippen LogP contribution in [0.15, 0.2) is 24.3 Å². The summed E-state index contributed by atoms with van der Waals surface area (Å²) in [5, 5.41) is 9.28. The molecule has 1 aliphatic heterocycles. The Morgan fingerprint density at radius 1 is 1.21 bits per heavy atom. The highest BCUT2D eigenvalue weighted by atomic mass is 32.2. The Balaban J connectivity index is 1.85. The normalized spacial score (nSPS) is 15.6. The van der Waals surface area contributed by atoms with E-state index in [1.54, 1.807) is 23.9 Å². The van der Waals surface area contributed by atoms with Gasteiger partial charge in [-0.3, -0.25) is 4.79 Å². The van der Waals surface area contributed by atoms with E-state index in [-0.39, 0.29) is 11.7 Å². The smallest absolute Gasteiger partial charge is 0.223 e. The monoisotopic (exact) mass is 280 g/mol. The first-order chi connectivity index (χ1) is 9.20.